The summed E-state index contributed by atoms with van der Waals surface area (Å²) in [5, 5.41) is 0. The monoisotopic (exact) mass is 234 g/mol. The summed E-state index contributed by atoms with van der Waals surface area (Å²) < 4.78 is 87.2. The maximum atomic E-state index is 11.3. The van der Waals surface area contributed by atoms with Crippen molar-refractivity contribution in [2.24, 2.45) is 0 Å². The molecule has 0 aromatic carbocycles. The maximum absolute atomic E-state index is 11.3. The molecule has 2 nitrogen and oxygen atoms in total. The first-order valence-corrected chi connectivity index (χ1v) is 5.33. The van der Waals surface area contributed by atoms with Gasteiger partial charge in [0.25, 0.3) is 9.46 Å². The minimum absolute atomic E-state index is 3.13. The quantitative estimate of drug-likeness (QED) is 0.513. The van der Waals surface area contributed by atoms with Crippen molar-refractivity contribution >= 4 is 17.2 Å². The van der Waals surface area contributed by atoms with E-state index in [0.717, 1.165) is 0 Å². The molecular weight excluding hydrogens is 233 g/mol. The third-order valence-corrected chi connectivity index (χ3v) is 3.86. The van der Waals surface area contributed by atoms with E-state index in [9.17, 15) is 34.8 Å². The molecule has 74 valence electrons. The van der Waals surface area contributed by atoms with Gasteiger partial charge in [-0.2, -0.15) is 26.3 Å². The highest BCUT2D eigenvalue weighted by atomic mass is 32.8. The molecule has 0 bridgehead atoms. The Morgan fingerprint density at radius 2 is 1.25 bits per heavy atom. The molecular formula is C2HF6O2PS. The van der Waals surface area contributed by atoms with Crippen LogP contribution in [-0.4, -0.2) is 19.8 Å². The SMILES string of the molecule is O=S(=O)(PC(F)(F)F)C(F)(F)F. The summed E-state index contributed by atoms with van der Waals surface area (Å²) in [6, 6.07) is 0. The molecule has 10 heteroatoms. The molecule has 0 heterocycles. The Bertz CT molecular complexity index is 248. The van der Waals surface area contributed by atoms with Crippen LogP contribution in [0.1, 0.15) is 0 Å². The molecule has 0 aliphatic carbocycles. The van der Waals surface area contributed by atoms with Crippen molar-refractivity contribution in [2.45, 2.75) is 11.4 Å². The van der Waals surface area contributed by atoms with Gasteiger partial charge >= 0.3 is 11.4 Å². The first-order chi connectivity index (χ1) is 4.96. The highest BCUT2D eigenvalue weighted by Crippen LogP contribution is 2.47. The Balaban J connectivity index is 4.70. The molecule has 0 aromatic heterocycles. The third-order valence-electron chi connectivity index (χ3n) is 0.555. The van der Waals surface area contributed by atoms with E-state index in [1.807, 2.05) is 0 Å². The van der Waals surface area contributed by atoms with E-state index in [4.69, 9.17) is 0 Å². The smallest absolute Gasteiger partial charge is 0.215 e. The fraction of sp³-hybridized carbons (Fsp3) is 1.00. The number of rotatable bonds is 1. The topological polar surface area (TPSA) is 34.1 Å². The van der Waals surface area contributed by atoms with Gasteiger partial charge in [0.2, 0.25) is 0 Å². The molecule has 0 amide bonds. The molecule has 0 fully saturated rings. The fourth-order valence-electron chi connectivity index (χ4n) is 0.210. The Morgan fingerprint density at radius 3 is 1.33 bits per heavy atom. The lowest BCUT2D eigenvalue weighted by atomic mass is 11.6. The number of halogens is 6. The van der Waals surface area contributed by atoms with Crippen molar-refractivity contribution in [2.75, 3.05) is 0 Å². The van der Waals surface area contributed by atoms with Crippen molar-refractivity contribution in [3.05, 3.63) is 0 Å². The molecule has 0 N–H and O–H groups in total. The Morgan fingerprint density at radius 1 is 0.917 bits per heavy atom. The number of hydrogen-bond donors (Lipinski definition) is 0. The molecule has 0 radical (unpaired) electrons. The summed E-state index contributed by atoms with van der Waals surface area (Å²) in [5.41, 5.74) is -5.83. The van der Waals surface area contributed by atoms with Gasteiger partial charge in [-0.05, 0) is 0 Å². The second kappa shape index (κ2) is 3.02. The van der Waals surface area contributed by atoms with Gasteiger partial charge in [-0.3, -0.25) is 0 Å². The summed E-state index contributed by atoms with van der Waals surface area (Å²) in [4.78, 5) is 0. The molecule has 0 aliphatic rings. The molecule has 0 spiro atoms. The molecule has 0 saturated heterocycles. The van der Waals surface area contributed by atoms with Crippen molar-refractivity contribution in [1.29, 1.82) is 0 Å². The zero-order valence-electron chi connectivity index (χ0n) is 4.99. The largest absolute Gasteiger partial charge is 0.501 e. The number of alkyl halides is 6. The van der Waals surface area contributed by atoms with E-state index in [2.05, 4.69) is 0 Å². The van der Waals surface area contributed by atoms with Crippen LogP contribution < -0.4 is 0 Å². The summed E-state index contributed by atoms with van der Waals surface area (Å²) >= 11 is 0. The standard InChI is InChI=1S/C2HF6O2PS/c3-1(4,5)11-12(9,10)2(6,7)8/h11H. The zero-order valence-corrected chi connectivity index (χ0v) is 6.81. The van der Waals surface area contributed by atoms with Gasteiger partial charge in [-0.15, -0.1) is 0 Å². The fourth-order valence-corrected chi connectivity index (χ4v) is 1.89. The van der Waals surface area contributed by atoms with E-state index >= 15 is 0 Å². The third kappa shape index (κ3) is 3.57. The van der Waals surface area contributed by atoms with Crippen molar-refractivity contribution in [3.8, 4) is 0 Å². The minimum Gasteiger partial charge on any atom is -0.215 e. The van der Waals surface area contributed by atoms with Gasteiger partial charge in [-0.25, -0.2) is 8.42 Å². The summed E-state index contributed by atoms with van der Waals surface area (Å²) in [7, 11) is -9.19. The van der Waals surface area contributed by atoms with Gasteiger partial charge < -0.3 is 0 Å². The van der Waals surface area contributed by atoms with Crippen LogP contribution in [0.15, 0.2) is 0 Å². The highest BCUT2D eigenvalue weighted by Gasteiger charge is 2.51. The van der Waals surface area contributed by atoms with Crippen molar-refractivity contribution in [3.63, 3.8) is 0 Å². The predicted octanol–water partition coefficient (Wildman–Crippen LogP) is 2.03. The molecule has 0 saturated carbocycles. The minimum atomic E-state index is -6.05. The summed E-state index contributed by atoms with van der Waals surface area (Å²) in [5.74, 6) is -5.34. The second-order valence-electron chi connectivity index (χ2n) is 1.55. The molecule has 1 atom stereocenters. The average Bonchev–Trinajstić information content (AvgIpc) is 1.52. The van der Waals surface area contributed by atoms with Crippen molar-refractivity contribution < 1.29 is 34.8 Å². The van der Waals surface area contributed by atoms with Crippen LogP contribution in [0.2, 0.25) is 0 Å². The first kappa shape index (κ1) is 12.0. The van der Waals surface area contributed by atoms with Crippen molar-refractivity contribution in [1.82, 2.24) is 0 Å². The Hall–Kier alpha value is -0.0400. The zero-order chi connectivity index (χ0) is 10.2. The average molecular weight is 234 g/mol. The lowest BCUT2D eigenvalue weighted by Crippen LogP contribution is -2.21. The Kier molecular flexibility index (Phi) is 3.01. The van der Waals surface area contributed by atoms with Crippen LogP contribution in [0.3, 0.4) is 0 Å². The van der Waals surface area contributed by atoms with Crippen LogP contribution in [-0.2, 0) is 9.46 Å². The van der Waals surface area contributed by atoms with E-state index in [-0.39, 0.29) is 0 Å². The summed E-state index contributed by atoms with van der Waals surface area (Å²) in [6.07, 6.45) is 0. The van der Waals surface area contributed by atoms with Crippen LogP contribution in [0.5, 0.6) is 0 Å². The van der Waals surface area contributed by atoms with Crippen LogP contribution >= 0.6 is 7.78 Å². The van der Waals surface area contributed by atoms with Crippen LogP contribution in [0.4, 0.5) is 26.3 Å². The maximum Gasteiger partial charge on any atom is 0.501 e. The van der Waals surface area contributed by atoms with Gasteiger partial charge in [0, 0.05) is 0 Å². The highest BCUT2D eigenvalue weighted by molar-refractivity contribution is 8.44. The van der Waals surface area contributed by atoms with Crippen LogP contribution in [0, 0.1) is 0 Å². The van der Waals surface area contributed by atoms with E-state index in [0.29, 0.717) is 0 Å². The Labute approximate surface area is 64.4 Å². The van der Waals surface area contributed by atoms with E-state index < -0.39 is 28.7 Å². The van der Waals surface area contributed by atoms with Crippen LogP contribution in [0.25, 0.3) is 0 Å². The molecule has 0 aromatic rings. The van der Waals surface area contributed by atoms with E-state index in [1.165, 1.54) is 0 Å². The second-order valence-corrected chi connectivity index (χ2v) is 6.01. The number of hydrogen-bond acceptors (Lipinski definition) is 2. The van der Waals surface area contributed by atoms with Gasteiger partial charge in [-0.1, -0.05) is 0 Å². The lowest BCUT2D eigenvalue weighted by Gasteiger charge is -2.09. The van der Waals surface area contributed by atoms with E-state index in [1.54, 1.807) is 0 Å². The van der Waals surface area contributed by atoms with Gasteiger partial charge in [0.15, 0.2) is 0 Å². The molecule has 0 aliphatic heterocycles. The predicted molar refractivity (Wildman–Crippen MR) is 29.3 cm³/mol. The first-order valence-electron chi connectivity index (χ1n) is 2.13. The molecule has 0 rings (SSSR count). The molecule has 1 unspecified atom stereocenters. The summed E-state index contributed by atoms with van der Waals surface area (Å²) in [6.45, 7) is 0. The lowest BCUT2D eigenvalue weighted by molar-refractivity contribution is -0.0465. The van der Waals surface area contributed by atoms with Gasteiger partial charge in [0.05, 0.1) is 0 Å². The normalized spacial score (nSPS) is 15.8. The van der Waals surface area contributed by atoms with Gasteiger partial charge in [0.1, 0.15) is 7.78 Å². The molecule has 12 heavy (non-hydrogen) atoms.